The van der Waals surface area contributed by atoms with E-state index in [1.54, 1.807) is 6.07 Å². The standard InChI is InChI=1S/C12H17NO3/c1-2-10-4-3-5-13(10)7-11-6-9(8-16-11)12(14)15/h6,8,10H,2-5,7H2,1H3,(H,14,15). The molecule has 2 rings (SSSR count). The highest BCUT2D eigenvalue weighted by molar-refractivity contribution is 5.87. The number of rotatable bonds is 4. The first-order valence-electron chi connectivity index (χ1n) is 5.75. The van der Waals surface area contributed by atoms with Gasteiger partial charge in [-0.15, -0.1) is 0 Å². The lowest BCUT2D eigenvalue weighted by atomic mass is 10.2. The number of hydrogen-bond acceptors (Lipinski definition) is 3. The Bertz CT molecular complexity index is 372. The van der Waals surface area contributed by atoms with Crippen molar-refractivity contribution in [3.63, 3.8) is 0 Å². The van der Waals surface area contributed by atoms with Gasteiger partial charge < -0.3 is 9.52 Å². The molecule has 88 valence electrons. The number of carboxylic acid groups (broad SMARTS) is 1. The van der Waals surface area contributed by atoms with E-state index >= 15 is 0 Å². The van der Waals surface area contributed by atoms with Crippen LogP contribution in [0.15, 0.2) is 16.7 Å². The summed E-state index contributed by atoms with van der Waals surface area (Å²) < 4.78 is 5.26. The van der Waals surface area contributed by atoms with E-state index in [-0.39, 0.29) is 5.56 Å². The van der Waals surface area contributed by atoms with Crippen molar-refractivity contribution in [1.29, 1.82) is 0 Å². The van der Waals surface area contributed by atoms with Gasteiger partial charge in [0.2, 0.25) is 0 Å². The third-order valence-corrected chi connectivity index (χ3v) is 3.23. The van der Waals surface area contributed by atoms with E-state index in [2.05, 4.69) is 11.8 Å². The Kier molecular flexibility index (Phi) is 3.29. The second kappa shape index (κ2) is 4.70. The molecule has 0 spiro atoms. The molecule has 1 aromatic heterocycles. The molecule has 0 aromatic carbocycles. The van der Waals surface area contributed by atoms with Crippen molar-refractivity contribution in [2.75, 3.05) is 6.54 Å². The molecular weight excluding hydrogens is 206 g/mol. The van der Waals surface area contributed by atoms with Crippen LogP contribution in [0.1, 0.15) is 42.3 Å². The fourth-order valence-electron chi connectivity index (χ4n) is 2.34. The van der Waals surface area contributed by atoms with Crippen LogP contribution in [0.2, 0.25) is 0 Å². The summed E-state index contributed by atoms with van der Waals surface area (Å²) in [7, 11) is 0. The van der Waals surface area contributed by atoms with E-state index in [4.69, 9.17) is 9.52 Å². The van der Waals surface area contributed by atoms with Crippen LogP contribution in [-0.4, -0.2) is 28.6 Å². The molecule has 0 saturated carbocycles. The maximum absolute atomic E-state index is 10.7. The number of hydrogen-bond donors (Lipinski definition) is 1. The van der Waals surface area contributed by atoms with Crippen molar-refractivity contribution in [2.45, 2.75) is 38.8 Å². The molecule has 1 fully saturated rings. The third kappa shape index (κ3) is 2.27. The molecule has 1 atom stereocenters. The van der Waals surface area contributed by atoms with Crippen molar-refractivity contribution in [1.82, 2.24) is 4.90 Å². The molecule has 16 heavy (non-hydrogen) atoms. The van der Waals surface area contributed by atoms with E-state index in [0.29, 0.717) is 6.04 Å². The first-order chi connectivity index (χ1) is 7.70. The lowest BCUT2D eigenvalue weighted by molar-refractivity contribution is 0.0696. The number of nitrogens with zero attached hydrogens (tertiary/aromatic N) is 1. The maximum atomic E-state index is 10.7. The Morgan fingerprint density at radius 3 is 3.12 bits per heavy atom. The summed E-state index contributed by atoms with van der Waals surface area (Å²) in [5.41, 5.74) is 0.238. The lowest BCUT2D eigenvalue weighted by Gasteiger charge is -2.21. The van der Waals surface area contributed by atoms with E-state index < -0.39 is 5.97 Å². The average molecular weight is 223 g/mol. The van der Waals surface area contributed by atoms with Gasteiger partial charge in [-0.2, -0.15) is 0 Å². The van der Waals surface area contributed by atoms with E-state index in [0.717, 1.165) is 25.3 Å². The Morgan fingerprint density at radius 2 is 2.50 bits per heavy atom. The largest absolute Gasteiger partial charge is 0.478 e. The number of carbonyl (C=O) groups is 1. The summed E-state index contributed by atoms with van der Waals surface area (Å²) in [6, 6.07) is 2.24. The normalized spacial score (nSPS) is 21.4. The summed E-state index contributed by atoms with van der Waals surface area (Å²) in [4.78, 5) is 13.1. The monoisotopic (exact) mass is 223 g/mol. The summed E-state index contributed by atoms with van der Waals surface area (Å²) in [5.74, 6) is -0.179. The summed E-state index contributed by atoms with van der Waals surface area (Å²) in [6.07, 6.45) is 4.93. The van der Waals surface area contributed by atoms with Gasteiger partial charge in [-0.25, -0.2) is 4.79 Å². The number of likely N-dealkylation sites (tertiary alicyclic amines) is 1. The van der Waals surface area contributed by atoms with Gasteiger partial charge in [0.05, 0.1) is 12.1 Å². The van der Waals surface area contributed by atoms with Gasteiger partial charge in [0, 0.05) is 6.04 Å². The van der Waals surface area contributed by atoms with Crippen LogP contribution in [0.5, 0.6) is 0 Å². The Morgan fingerprint density at radius 1 is 1.69 bits per heavy atom. The molecule has 1 aliphatic heterocycles. The van der Waals surface area contributed by atoms with Crippen LogP contribution in [0.25, 0.3) is 0 Å². The van der Waals surface area contributed by atoms with Crippen LogP contribution < -0.4 is 0 Å². The topological polar surface area (TPSA) is 53.7 Å². The molecule has 1 aliphatic rings. The molecule has 0 amide bonds. The van der Waals surface area contributed by atoms with Gasteiger partial charge in [-0.1, -0.05) is 6.92 Å². The molecule has 1 aromatic rings. The lowest BCUT2D eigenvalue weighted by Crippen LogP contribution is -2.27. The second-order valence-corrected chi connectivity index (χ2v) is 4.28. The number of furan rings is 1. The molecule has 4 nitrogen and oxygen atoms in total. The minimum absolute atomic E-state index is 0.238. The summed E-state index contributed by atoms with van der Waals surface area (Å²) in [6.45, 7) is 4.00. The molecule has 1 unspecified atom stereocenters. The zero-order valence-electron chi connectivity index (χ0n) is 9.48. The van der Waals surface area contributed by atoms with Gasteiger partial charge in [-0.05, 0) is 31.9 Å². The smallest absolute Gasteiger partial charge is 0.338 e. The molecule has 1 N–H and O–H groups in total. The highest BCUT2D eigenvalue weighted by Gasteiger charge is 2.23. The zero-order chi connectivity index (χ0) is 11.5. The van der Waals surface area contributed by atoms with E-state index in [9.17, 15) is 4.79 Å². The van der Waals surface area contributed by atoms with Crippen LogP contribution in [0.3, 0.4) is 0 Å². The van der Waals surface area contributed by atoms with Crippen molar-refractivity contribution in [3.8, 4) is 0 Å². The van der Waals surface area contributed by atoms with Gasteiger partial charge in [0.25, 0.3) is 0 Å². The SMILES string of the molecule is CCC1CCCN1Cc1cc(C(=O)O)co1. The van der Waals surface area contributed by atoms with Crippen molar-refractivity contribution >= 4 is 5.97 Å². The quantitative estimate of drug-likeness (QED) is 0.851. The predicted molar refractivity (Wildman–Crippen MR) is 59.4 cm³/mol. The molecular formula is C12H17NO3. The van der Waals surface area contributed by atoms with Crippen LogP contribution in [0, 0.1) is 0 Å². The van der Waals surface area contributed by atoms with Crippen molar-refractivity contribution < 1.29 is 14.3 Å². The molecule has 4 heteroatoms. The average Bonchev–Trinajstić information content (AvgIpc) is 2.87. The molecule has 0 aliphatic carbocycles. The predicted octanol–water partition coefficient (Wildman–Crippen LogP) is 2.35. The fourth-order valence-corrected chi connectivity index (χ4v) is 2.34. The molecule has 1 saturated heterocycles. The Balaban J connectivity index is 2.00. The number of aromatic carboxylic acids is 1. The maximum Gasteiger partial charge on any atom is 0.338 e. The van der Waals surface area contributed by atoms with Crippen molar-refractivity contribution in [2.24, 2.45) is 0 Å². The third-order valence-electron chi connectivity index (χ3n) is 3.23. The van der Waals surface area contributed by atoms with Crippen LogP contribution >= 0.6 is 0 Å². The highest BCUT2D eigenvalue weighted by atomic mass is 16.4. The van der Waals surface area contributed by atoms with Gasteiger partial charge in [0.15, 0.2) is 0 Å². The van der Waals surface area contributed by atoms with Gasteiger partial charge in [0.1, 0.15) is 12.0 Å². The van der Waals surface area contributed by atoms with Gasteiger partial charge in [-0.3, -0.25) is 4.90 Å². The summed E-state index contributed by atoms with van der Waals surface area (Å²) >= 11 is 0. The first-order valence-corrected chi connectivity index (χ1v) is 5.75. The molecule has 0 bridgehead atoms. The zero-order valence-corrected chi connectivity index (χ0v) is 9.48. The van der Waals surface area contributed by atoms with Crippen LogP contribution in [0.4, 0.5) is 0 Å². The first kappa shape index (κ1) is 11.2. The minimum Gasteiger partial charge on any atom is -0.478 e. The fraction of sp³-hybridized carbons (Fsp3) is 0.583. The molecule has 0 radical (unpaired) electrons. The van der Waals surface area contributed by atoms with E-state index in [1.165, 1.54) is 19.1 Å². The second-order valence-electron chi connectivity index (χ2n) is 4.28. The highest BCUT2D eigenvalue weighted by Crippen LogP contribution is 2.22. The Hall–Kier alpha value is -1.29. The van der Waals surface area contributed by atoms with Gasteiger partial charge >= 0.3 is 5.97 Å². The Labute approximate surface area is 94.9 Å². The van der Waals surface area contributed by atoms with Crippen molar-refractivity contribution in [3.05, 3.63) is 23.7 Å². The van der Waals surface area contributed by atoms with Crippen LogP contribution in [-0.2, 0) is 6.54 Å². The summed E-state index contributed by atoms with van der Waals surface area (Å²) in [5, 5.41) is 8.78. The minimum atomic E-state index is -0.927. The number of carboxylic acids is 1. The molecule has 2 heterocycles. The van der Waals surface area contributed by atoms with E-state index in [1.807, 2.05) is 0 Å².